The van der Waals surface area contributed by atoms with Crippen molar-refractivity contribution >= 4 is 12.6 Å². The summed E-state index contributed by atoms with van der Waals surface area (Å²) in [6, 6.07) is 3.64. The molecule has 2 N–H and O–H groups in total. The lowest BCUT2D eigenvalue weighted by Crippen LogP contribution is -1.94. The molecule has 0 aliphatic carbocycles. The van der Waals surface area contributed by atoms with Crippen molar-refractivity contribution in [3.8, 4) is 0 Å². The highest BCUT2D eigenvalue weighted by Crippen LogP contribution is 2.20. The van der Waals surface area contributed by atoms with E-state index in [0.29, 0.717) is 17.8 Å². The van der Waals surface area contributed by atoms with Crippen molar-refractivity contribution in [2.24, 2.45) is 0 Å². The number of rotatable bonds is 5. The minimum atomic E-state index is 0.571. The molecule has 4 heteroatoms. The molecule has 0 saturated carbocycles. The topological polar surface area (TPSA) is 65.7 Å². The van der Waals surface area contributed by atoms with Crippen molar-refractivity contribution < 1.29 is 9.59 Å². The highest BCUT2D eigenvalue weighted by Gasteiger charge is 2.13. The lowest BCUT2D eigenvalue weighted by molar-refractivity contribution is 0.111. The number of hydrogen-bond acceptors (Lipinski definition) is 2. The summed E-state index contributed by atoms with van der Waals surface area (Å²) in [5.74, 6) is 0. The molecule has 0 saturated heterocycles. The first-order valence-corrected chi connectivity index (χ1v) is 5.98. The Labute approximate surface area is 105 Å². The van der Waals surface area contributed by atoms with Gasteiger partial charge in [0.1, 0.15) is 0 Å². The van der Waals surface area contributed by atoms with Gasteiger partial charge in [-0.25, -0.2) is 0 Å². The van der Waals surface area contributed by atoms with Crippen molar-refractivity contribution in [2.45, 2.75) is 26.7 Å². The van der Waals surface area contributed by atoms with E-state index in [0.717, 1.165) is 35.9 Å². The van der Waals surface area contributed by atoms with Crippen molar-refractivity contribution in [1.29, 1.82) is 0 Å². The van der Waals surface area contributed by atoms with Crippen LogP contribution in [0.25, 0.3) is 0 Å². The molecule has 0 aliphatic rings. The standard InChI is InChI=1S/C14H16N2O2/c1-3-12-9(2)14(8-18)16-13(12)6-10-4-5-11(7-17)15-10/h4-5,7-8,15-16H,3,6H2,1-2H3. The van der Waals surface area contributed by atoms with Crippen molar-refractivity contribution in [3.05, 3.63) is 46.0 Å². The fourth-order valence-electron chi connectivity index (χ4n) is 2.29. The summed E-state index contributed by atoms with van der Waals surface area (Å²) in [5.41, 5.74) is 5.41. The molecule has 0 aromatic carbocycles. The van der Waals surface area contributed by atoms with Crippen molar-refractivity contribution in [1.82, 2.24) is 9.97 Å². The highest BCUT2D eigenvalue weighted by molar-refractivity contribution is 5.76. The molecule has 0 atom stereocenters. The van der Waals surface area contributed by atoms with Gasteiger partial charge in [-0.15, -0.1) is 0 Å². The summed E-state index contributed by atoms with van der Waals surface area (Å²) in [4.78, 5) is 27.7. The summed E-state index contributed by atoms with van der Waals surface area (Å²) in [7, 11) is 0. The van der Waals surface area contributed by atoms with Crippen LogP contribution in [0.5, 0.6) is 0 Å². The maximum absolute atomic E-state index is 10.9. The molecule has 0 fully saturated rings. The van der Waals surface area contributed by atoms with Crippen LogP contribution in [0.3, 0.4) is 0 Å². The molecule has 2 aromatic heterocycles. The van der Waals surface area contributed by atoms with E-state index in [1.807, 2.05) is 13.0 Å². The Morgan fingerprint density at radius 1 is 1.17 bits per heavy atom. The van der Waals surface area contributed by atoms with E-state index < -0.39 is 0 Å². The molecule has 2 rings (SSSR count). The Hall–Kier alpha value is -2.10. The smallest absolute Gasteiger partial charge is 0.166 e. The Bertz CT molecular complexity index is 579. The Kier molecular flexibility index (Phi) is 3.46. The van der Waals surface area contributed by atoms with Crippen molar-refractivity contribution in [3.63, 3.8) is 0 Å². The Morgan fingerprint density at radius 3 is 2.50 bits per heavy atom. The third-order valence-corrected chi connectivity index (χ3v) is 3.24. The maximum Gasteiger partial charge on any atom is 0.166 e. The molecule has 2 aromatic rings. The van der Waals surface area contributed by atoms with E-state index in [9.17, 15) is 9.59 Å². The van der Waals surface area contributed by atoms with Crippen LogP contribution in [0.4, 0.5) is 0 Å². The van der Waals surface area contributed by atoms with Gasteiger partial charge < -0.3 is 9.97 Å². The summed E-state index contributed by atoms with van der Waals surface area (Å²) < 4.78 is 0. The normalized spacial score (nSPS) is 10.6. The van der Waals surface area contributed by atoms with Gasteiger partial charge in [0.2, 0.25) is 0 Å². The molecule has 0 radical (unpaired) electrons. The first-order valence-electron chi connectivity index (χ1n) is 5.98. The molecule has 4 nitrogen and oxygen atoms in total. The van der Waals surface area contributed by atoms with Crippen LogP contribution in [0.2, 0.25) is 0 Å². The van der Waals surface area contributed by atoms with E-state index in [2.05, 4.69) is 16.9 Å². The number of hydrogen-bond donors (Lipinski definition) is 2. The highest BCUT2D eigenvalue weighted by atomic mass is 16.1. The molecule has 0 amide bonds. The van der Waals surface area contributed by atoms with E-state index in [1.54, 1.807) is 6.07 Å². The van der Waals surface area contributed by atoms with Crippen molar-refractivity contribution in [2.75, 3.05) is 0 Å². The van der Waals surface area contributed by atoms with Gasteiger partial charge in [-0.1, -0.05) is 6.92 Å². The summed E-state index contributed by atoms with van der Waals surface area (Å²) in [6.07, 6.45) is 3.20. The van der Waals surface area contributed by atoms with Gasteiger partial charge in [-0.3, -0.25) is 9.59 Å². The second-order valence-corrected chi connectivity index (χ2v) is 4.33. The van der Waals surface area contributed by atoms with Gasteiger partial charge in [-0.2, -0.15) is 0 Å². The van der Waals surface area contributed by atoms with Gasteiger partial charge in [0, 0.05) is 17.8 Å². The van der Waals surface area contributed by atoms with Crippen LogP contribution < -0.4 is 0 Å². The molecule has 2 heterocycles. The predicted molar refractivity (Wildman–Crippen MR) is 69.3 cm³/mol. The zero-order chi connectivity index (χ0) is 13.1. The SMILES string of the molecule is CCc1c(Cc2ccc(C=O)[nH]2)[nH]c(C=O)c1C. The largest absolute Gasteiger partial charge is 0.356 e. The number of carbonyl (C=O) groups is 2. The molecular weight excluding hydrogens is 228 g/mol. The zero-order valence-electron chi connectivity index (χ0n) is 10.5. The average Bonchev–Trinajstić information content (AvgIpc) is 2.94. The number of H-pyrrole nitrogens is 2. The van der Waals surface area contributed by atoms with Gasteiger partial charge in [-0.05, 0) is 36.6 Å². The number of aromatic amines is 2. The number of aldehydes is 2. The van der Waals surface area contributed by atoms with Gasteiger partial charge in [0.25, 0.3) is 0 Å². The number of nitrogens with one attached hydrogen (secondary N) is 2. The van der Waals surface area contributed by atoms with Gasteiger partial charge >= 0.3 is 0 Å². The van der Waals surface area contributed by atoms with Crippen LogP contribution in [-0.2, 0) is 12.8 Å². The second-order valence-electron chi connectivity index (χ2n) is 4.33. The minimum Gasteiger partial charge on any atom is -0.356 e. The predicted octanol–water partition coefficient (Wildman–Crippen LogP) is 2.43. The van der Waals surface area contributed by atoms with Gasteiger partial charge in [0.15, 0.2) is 12.6 Å². The Balaban J connectivity index is 2.33. The molecule has 0 spiro atoms. The average molecular weight is 244 g/mol. The lowest BCUT2D eigenvalue weighted by atomic mass is 10.1. The van der Waals surface area contributed by atoms with E-state index in [-0.39, 0.29) is 0 Å². The molecular formula is C14H16N2O2. The third-order valence-electron chi connectivity index (χ3n) is 3.24. The van der Waals surface area contributed by atoms with Gasteiger partial charge in [0.05, 0.1) is 11.4 Å². The second kappa shape index (κ2) is 5.04. The number of carbonyl (C=O) groups excluding carboxylic acids is 2. The fraction of sp³-hybridized carbons (Fsp3) is 0.286. The van der Waals surface area contributed by atoms with E-state index in [4.69, 9.17) is 0 Å². The summed E-state index contributed by atoms with van der Waals surface area (Å²) >= 11 is 0. The molecule has 18 heavy (non-hydrogen) atoms. The molecule has 0 bridgehead atoms. The van der Waals surface area contributed by atoms with Crippen LogP contribution in [0, 0.1) is 6.92 Å². The van der Waals surface area contributed by atoms with Crippen LogP contribution in [0.15, 0.2) is 12.1 Å². The number of aromatic nitrogens is 2. The monoisotopic (exact) mass is 244 g/mol. The van der Waals surface area contributed by atoms with Crippen LogP contribution in [0.1, 0.15) is 50.4 Å². The maximum atomic E-state index is 10.9. The lowest BCUT2D eigenvalue weighted by Gasteiger charge is -2.01. The summed E-state index contributed by atoms with van der Waals surface area (Å²) in [6.45, 7) is 4.02. The first-order chi connectivity index (χ1) is 8.69. The Morgan fingerprint density at radius 2 is 1.94 bits per heavy atom. The quantitative estimate of drug-likeness (QED) is 0.793. The summed E-state index contributed by atoms with van der Waals surface area (Å²) in [5, 5.41) is 0. The van der Waals surface area contributed by atoms with E-state index in [1.165, 1.54) is 5.56 Å². The fourth-order valence-corrected chi connectivity index (χ4v) is 2.29. The molecule has 94 valence electrons. The van der Waals surface area contributed by atoms with E-state index >= 15 is 0 Å². The zero-order valence-corrected chi connectivity index (χ0v) is 10.5. The third kappa shape index (κ3) is 2.14. The minimum absolute atomic E-state index is 0.571. The van der Waals surface area contributed by atoms with Crippen LogP contribution in [-0.4, -0.2) is 22.5 Å². The molecule has 0 unspecified atom stereocenters. The van der Waals surface area contributed by atoms with Crippen LogP contribution >= 0.6 is 0 Å². The molecule has 0 aliphatic heterocycles. The first kappa shape index (κ1) is 12.4.